The quantitative estimate of drug-likeness (QED) is 0.264. The van der Waals surface area contributed by atoms with Crippen molar-refractivity contribution in [3.8, 4) is 11.5 Å². The van der Waals surface area contributed by atoms with Gasteiger partial charge >= 0.3 is 5.97 Å². The van der Waals surface area contributed by atoms with Gasteiger partial charge in [0.1, 0.15) is 11.5 Å². The largest absolute Gasteiger partial charge is 0.428 e. The maximum absolute atomic E-state index is 12.1. The average Bonchev–Trinajstić information content (AvgIpc) is 2.47. The van der Waals surface area contributed by atoms with Gasteiger partial charge < -0.3 is 7.80 Å². The van der Waals surface area contributed by atoms with Crippen LogP contribution in [0.4, 0.5) is 0 Å². The molecule has 2 rings (SSSR count). The van der Waals surface area contributed by atoms with Crippen molar-refractivity contribution in [3.05, 3.63) is 59.7 Å². The lowest BCUT2D eigenvalue weighted by Gasteiger charge is -2.06. The van der Waals surface area contributed by atoms with E-state index in [0.29, 0.717) is 23.5 Å². The van der Waals surface area contributed by atoms with Crippen LogP contribution in [0.25, 0.3) is 0 Å². The molecule has 0 fully saturated rings. The lowest BCUT2D eigenvalue weighted by Crippen LogP contribution is -2.09. The summed E-state index contributed by atoms with van der Waals surface area (Å²) >= 11 is 3.49. The van der Waals surface area contributed by atoms with Gasteiger partial charge in [-0.05, 0) is 52.4 Å². The molecule has 2 aromatic carbocycles. The zero-order valence-electron chi connectivity index (χ0n) is 10.7. The molecule has 21 heavy (non-hydrogen) atoms. The molecule has 0 unspecified atom stereocenters. The zero-order chi connectivity index (χ0) is 15.2. The number of halogens is 2. The third-order valence-electron chi connectivity index (χ3n) is 2.61. The van der Waals surface area contributed by atoms with E-state index in [-0.39, 0.29) is 3.79 Å². The molecule has 0 bridgehead atoms. The molecule has 108 valence electrons. The van der Waals surface area contributed by atoms with E-state index < -0.39 is 5.97 Å². The van der Waals surface area contributed by atoms with Crippen LogP contribution in [0.15, 0.2) is 48.5 Å². The van der Waals surface area contributed by atoms with E-state index in [2.05, 4.69) is 0 Å². The van der Waals surface area contributed by atoms with Crippen molar-refractivity contribution < 1.29 is 17.4 Å². The fourth-order valence-electron chi connectivity index (χ4n) is 1.72. The van der Waals surface area contributed by atoms with Crippen LogP contribution >= 0.6 is 45.6 Å². The number of hydrogen-bond acceptors (Lipinski definition) is 4. The number of carbonyl (C=O) groups excluding carboxylic acids is 2. The monoisotopic (exact) mass is 508 g/mol. The summed E-state index contributed by atoms with van der Waals surface area (Å²) in [6.45, 7) is 0. The summed E-state index contributed by atoms with van der Waals surface area (Å²) in [5, 5.41) is 0. The molecule has 0 aliphatic rings. The maximum Gasteiger partial charge on any atom is 0.343 e. The van der Waals surface area contributed by atoms with Gasteiger partial charge in [0, 0.05) is 12.5 Å². The van der Waals surface area contributed by atoms with E-state index >= 15 is 0 Å². The van der Waals surface area contributed by atoms with Gasteiger partial charge in [0.05, 0.1) is 5.56 Å². The molecule has 4 nitrogen and oxygen atoms in total. The highest BCUT2D eigenvalue weighted by Gasteiger charge is 2.10. The van der Waals surface area contributed by atoms with Crippen LogP contribution in [0.3, 0.4) is 0 Å². The fraction of sp³-hybridized carbons (Fsp3) is 0.0667. The Bertz CT molecular complexity index is 670. The minimum atomic E-state index is -0.469. The van der Waals surface area contributed by atoms with Crippen molar-refractivity contribution in [3.63, 3.8) is 0 Å². The normalized spacial score (nSPS) is 10.0. The number of ether oxygens (including phenoxy) is 1. The van der Waals surface area contributed by atoms with Crippen molar-refractivity contribution >= 4 is 55.4 Å². The predicted molar refractivity (Wildman–Crippen MR) is 95.2 cm³/mol. The Hall–Kier alpha value is -1.16. The molecule has 0 aliphatic carbocycles. The summed E-state index contributed by atoms with van der Waals surface area (Å²) in [7, 11) is 0. The highest BCUT2D eigenvalue weighted by atomic mass is 127. The molecular weight excluding hydrogens is 498 g/mol. The van der Waals surface area contributed by atoms with Crippen LogP contribution in [0, 0.1) is 0 Å². The SMILES string of the molecule is O=C(I)Cc1cccc(C(=O)Oc2cccc(OI)c2)c1. The summed E-state index contributed by atoms with van der Waals surface area (Å²) in [5.41, 5.74) is 1.19. The molecule has 0 amide bonds. The average molecular weight is 508 g/mol. The van der Waals surface area contributed by atoms with Crippen LogP contribution in [0.2, 0.25) is 0 Å². The Kier molecular flexibility index (Phi) is 5.97. The highest BCUT2D eigenvalue weighted by Crippen LogP contribution is 2.22. The summed E-state index contributed by atoms with van der Waals surface area (Å²) in [5.74, 6) is 0.540. The fourth-order valence-corrected chi connectivity index (χ4v) is 2.43. The Morgan fingerprint density at radius 2 is 1.71 bits per heavy atom. The zero-order valence-corrected chi connectivity index (χ0v) is 15.0. The number of carbonyl (C=O) groups is 2. The van der Waals surface area contributed by atoms with Crippen molar-refractivity contribution in [1.82, 2.24) is 0 Å². The highest BCUT2D eigenvalue weighted by molar-refractivity contribution is 14.1. The third kappa shape index (κ3) is 4.95. The molecule has 0 atom stereocenters. The van der Waals surface area contributed by atoms with E-state index in [4.69, 9.17) is 7.80 Å². The van der Waals surface area contributed by atoms with Gasteiger partial charge in [-0.15, -0.1) is 0 Å². The van der Waals surface area contributed by atoms with E-state index in [1.807, 2.05) is 0 Å². The molecule has 0 saturated carbocycles. The molecule has 0 radical (unpaired) electrons. The molecule has 0 spiro atoms. The minimum Gasteiger partial charge on any atom is -0.428 e. The molecule has 6 heteroatoms. The third-order valence-corrected chi connectivity index (χ3v) is 3.50. The lowest BCUT2D eigenvalue weighted by atomic mass is 10.1. The Labute approximate surface area is 149 Å². The molecule has 0 N–H and O–H groups in total. The first-order valence-electron chi connectivity index (χ1n) is 5.96. The summed E-state index contributed by atoms with van der Waals surface area (Å²) in [4.78, 5) is 23.2. The predicted octanol–water partition coefficient (Wildman–Crippen LogP) is 4.14. The number of rotatable bonds is 5. The first kappa shape index (κ1) is 16.2. The first-order valence-corrected chi connectivity index (χ1v) is 7.92. The number of hydrogen-bond donors (Lipinski definition) is 0. The smallest absolute Gasteiger partial charge is 0.343 e. The topological polar surface area (TPSA) is 52.6 Å². The number of esters is 1. The van der Waals surface area contributed by atoms with Crippen LogP contribution in [-0.4, -0.2) is 9.76 Å². The van der Waals surface area contributed by atoms with Crippen molar-refractivity contribution in [2.75, 3.05) is 0 Å². The summed E-state index contributed by atoms with van der Waals surface area (Å²) < 4.78 is 10.4. The van der Waals surface area contributed by atoms with E-state index in [9.17, 15) is 9.59 Å². The van der Waals surface area contributed by atoms with Crippen molar-refractivity contribution in [2.45, 2.75) is 6.42 Å². The van der Waals surface area contributed by atoms with Gasteiger partial charge in [-0.2, -0.15) is 0 Å². The van der Waals surface area contributed by atoms with Gasteiger partial charge in [0.2, 0.25) is 0 Å². The molecule has 0 aliphatic heterocycles. The maximum atomic E-state index is 12.1. The van der Waals surface area contributed by atoms with Gasteiger partial charge in [-0.1, -0.05) is 18.2 Å². The Morgan fingerprint density at radius 1 is 1.00 bits per heavy atom. The second-order valence-corrected chi connectivity index (χ2v) is 5.82. The van der Waals surface area contributed by atoms with E-state index in [1.165, 1.54) is 0 Å². The van der Waals surface area contributed by atoms with E-state index in [1.54, 1.807) is 94.1 Å². The number of benzene rings is 2. The van der Waals surface area contributed by atoms with E-state index in [0.717, 1.165) is 5.56 Å². The second kappa shape index (κ2) is 7.74. The molecule has 0 saturated heterocycles. The van der Waals surface area contributed by atoms with Crippen LogP contribution in [0.1, 0.15) is 15.9 Å². The standard InChI is InChI=1S/C15H10I2O4/c16-14(18)8-10-3-1-4-11(7-10)15(19)20-12-5-2-6-13(9-12)21-17/h1-7,9H,8H2. The molecular formula is C15H10I2O4. The Balaban J connectivity index is 2.14. The van der Waals surface area contributed by atoms with Gasteiger partial charge in [-0.25, -0.2) is 4.79 Å². The van der Waals surface area contributed by atoms with Crippen LogP contribution in [-0.2, 0) is 11.2 Å². The molecule has 2 aromatic rings. The summed E-state index contributed by atoms with van der Waals surface area (Å²) in [6, 6.07) is 13.7. The summed E-state index contributed by atoms with van der Waals surface area (Å²) in [6.07, 6.45) is 0.292. The second-order valence-electron chi connectivity index (χ2n) is 4.17. The van der Waals surface area contributed by atoms with Crippen molar-refractivity contribution in [1.29, 1.82) is 0 Å². The molecule has 0 aromatic heterocycles. The minimum absolute atomic E-state index is 0.0185. The first-order chi connectivity index (χ1) is 10.1. The Morgan fingerprint density at radius 3 is 2.43 bits per heavy atom. The van der Waals surface area contributed by atoms with Crippen LogP contribution < -0.4 is 7.80 Å². The van der Waals surface area contributed by atoms with Gasteiger partial charge in [0.15, 0.2) is 26.8 Å². The van der Waals surface area contributed by atoms with Crippen LogP contribution in [0.5, 0.6) is 11.5 Å². The lowest BCUT2D eigenvalue weighted by molar-refractivity contribution is -0.108. The van der Waals surface area contributed by atoms with Gasteiger partial charge in [0.25, 0.3) is 0 Å². The van der Waals surface area contributed by atoms with Crippen molar-refractivity contribution in [2.24, 2.45) is 0 Å². The molecule has 0 heterocycles. The van der Waals surface area contributed by atoms with Gasteiger partial charge in [-0.3, -0.25) is 4.79 Å².